The van der Waals surface area contributed by atoms with E-state index in [0.717, 1.165) is 17.3 Å². The van der Waals surface area contributed by atoms with E-state index in [1.54, 1.807) is 30.3 Å². The summed E-state index contributed by atoms with van der Waals surface area (Å²) < 4.78 is 27.2. The average Bonchev–Trinajstić information content (AvgIpc) is 3.13. The van der Waals surface area contributed by atoms with Crippen LogP contribution in [0.15, 0.2) is 51.8 Å². The van der Waals surface area contributed by atoms with Gasteiger partial charge in [0.2, 0.25) is 10.0 Å². The first-order chi connectivity index (χ1) is 11.9. The molecule has 1 N–H and O–H groups in total. The molecule has 2 aromatic rings. The largest absolute Gasteiger partial charge is 0.322 e. The smallest absolute Gasteiger partial charge is 0.257 e. The fourth-order valence-corrected chi connectivity index (χ4v) is 4.74. The quantitative estimate of drug-likeness (QED) is 0.772. The van der Waals surface area contributed by atoms with Crippen molar-refractivity contribution < 1.29 is 13.2 Å². The third-order valence-corrected chi connectivity index (χ3v) is 6.72. The van der Waals surface area contributed by atoms with Crippen LogP contribution in [0.2, 0.25) is 5.02 Å². The molecule has 1 amide bonds. The van der Waals surface area contributed by atoms with E-state index in [0.29, 0.717) is 29.4 Å². The lowest BCUT2D eigenvalue weighted by Gasteiger charge is -2.15. The molecule has 1 heterocycles. The van der Waals surface area contributed by atoms with Gasteiger partial charge in [-0.05, 0) is 55.3 Å². The number of halogens is 2. The van der Waals surface area contributed by atoms with Gasteiger partial charge in [0.15, 0.2) is 0 Å². The second kappa shape index (κ2) is 7.45. The molecule has 0 aromatic heterocycles. The zero-order chi connectivity index (χ0) is 18.0. The van der Waals surface area contributed by atoms with Crippen molar-refractivity contribution in [3.05, 3.63) is 57.5 Å². The number of hydrogen-bond acceptors (Lipinski definition) is 3. The maximum Gasteiger partial charge on any atom is 0.257 e. The lowest BCUT2D eigenvalue weighted by Crippen LogP contribution is -2.27. The minimum absolute atomic E-state index is 0.230. The summed E-state index contributed by atoms with van der Waals surface area (Å²) >= 11 is 9.35. The average molecular weight is 444 g/mol. The molecule has 1 saturated heterocycles. The fourth-order valence-electron chi connectivity index (χ4n) is 2.66. The number of sulfonamides is 1. The zero-order valence-electron chi connectivity index (χ0n) is 13.2. The van der Waals surface area contributed by atoms with Gasteiger partial charge < -0.3 is 5.32 Å². The highest BCUT2D eigenvalue weighted by molar-refractivity contribution is 9.10. The maximum atomic E-state index is 12.5. The highest BCUT2D eigenvalue weighted by atomic mass is 79.9. The summed E-state index contributed by atoms with van der Waals surface area (Å²) in [4.78, 5) is 12.6. The standard InChI is InChI=1S/C17H16BrClN2O3S/c18-12-3-8-16(19)15(11-12)17(22)20-13-4-6-14(7-5-13)25(23,24)21-9-1-2-10-21/h3-8,11H,1-2,9-10H2,(H,20,22). The number of rotatable bonds is 4. The predicted molar refractivity (Wildman–Crippen MR) is 102 cm³/mol. The fraction of sp³-hybridized carbons (Fsp3) is 0.235. The van der Waals surface area contributed by atoms with Gasteiger partial charge in [0.25, 0.3) is 5.91 Å². The Morgan fingerprint density at radius 3 is 2.36 bits per heavy atom. The van der Waals surface area contributed by atoms with Gasteiger partial charge in [-0.3, -0.25) is 4.79 Å². The molecule has 8 heteroatoms. The lowest BCUT2D eigenvalue weighted by atomic mass is 10.2. The molecular weight excluding hydrogens is 428 g/mol. The first kappa shape index (κ1) is 18.4. The van der Waals surface area contributed by atoms with Crippen LogP contribution in [0, 0.1) is 0 Å². The summed E-state index contributed by atoms with van der Waals surface area (Å²) in [5.41, 5.74) is 0.839. The maximum absolute atomic E-state index is 12.5. The first-order valence-electron chi connectivity index (χ1n) is 7.74. The monoisotopic (exact) mass is 442 g/mol. The van der Waals surface area contributed by atoms with Gasteiger partial charge in [-0.15, -0.1) is 0 Å². The molecule has 0 saturated carbocycles. The zero-order valence-corrected chi connectivity index (χ0v) is 16.4. The number of nitrogens with one attached hydrogen (secondary N) is 1. The number of benzene rings is 2. The van der Waals surface area contributed by atoms with Crippen LogP contribution in [0.4, 0.5) is 5.69 Å². The minimum atomic E-state index is -3.46. The molecule has 0 atom stereocenters. The Balaban J connectivity index is 1.76. The van der Waals surface area contributed by atoms with Crippen LogP contribution in [-0.2, 0) is 10.0 Å². The molecule has 0 unspecified atom stereocenters. The number of amides is 1. The van der Waals surface area contributed by atoms with Gasteiger partial charge in [-0.2, -0.15) is 4.31 Å². The molecule has 132 valence electrons. The van der Waals surface area contributed by atoms with Crippen molar-refractivity contribution in [2.45, 2.75) is 17.7 Å². The minimum Gasteiger partial charge on any atom is -0.322 e. The molecule has 3 rings (SSSR count). The molecule has 0 aliphatic carbocycles. The molecule has 1 aliphatic heterocycles. The van der Waals surface area contributed by atoms with Gasteiger partial charge in [-0.1, -0.05) is 27.5 Å². The summed E-state index contributed by atoms with van der Waals surface area (Å²) in [5, 5.41) is 3.06. The van der Waals surface area contributed by atoms with Crippen LogP contribution in [0.5, 0.6) is 0 Å². The number of nitrogens with zero attached hydrogens (tertiary/aromatic N) is 1. The van der Waals surface area contributed by atoms with E-state index in [4.69, 9.17) is 11.6 Å². The molecule has 0 radical (unpaired) electrons. The SMILES string of the molecule is O=C(Nc1ccc(S(=O)(=O)N2CCCC2)cc1)c1cc(Br)ccc1Cl. The van der Waals surface area contributed by atoms with Gasteiger partial charge in [0, 0.05) is 23.2 Å². The summed E-state index contributed by atoms with van der Waals surface area (Å²) in [6, 6.07) is 11.2. The third kappa shape index (κ3) is 4.06. The predicted octanol–water partition coefficient (Wildman–Crippen LogP) is 4.14. The molecular formula is C17H16BrClN2O3S. The van der Waals surface area contributed by atoms with E-state index >= 15 is 0 Å². The Morgan fingerprint density at radius 1 is 1.08 bits per heavy atom. The van der Waals surface area contributed by atoms with Crippen LogP contribution in [0.3, 0.4) is 0 Å². The molecule has 0 spiro atoms. The van der Waals surface area contributed by atoms with Gasteiger partial charge in [0.05, 0.1) is 15.5 Å². The van der Waals surface area contributed by atoms with E-state index in [1.807, 2.05) is 0 Å². The van der Waals surface area contributed by atoms with Crippen LogP contribution in [0.25, 0.3) is 0 Å². The first-order valence-corrected chi connectivity index (χ1v) is 10.4. The van der Waals surface area contributed by atoms with Crippen molar-refractivity contribution in [3.8, 4) is 0 Å². The van der Waals surface area contributed by atoms with Crippen LogP contribution < -0.4 is 5.32 Å². The molecule has 1 aliphatic rings. The second-order valence-electron chi connectivity index (χ2n) is 5.71. The van der Waals surface area contributed by atoms with Crippen molar-refractivity contribution in [2.24, 2.45) is 0 Å². The molecule has 25 heavy (non-hydrogen) atoms. The third-order valence-electron chi connectivity index (χ3n) is 3.99. The number of carbonyl (C=O) groups excluding carboxylic acids is 1. The van der Waals surface area contributed by atoms with E-state index in [2.05, 4.69) is 21.2 Å². The summed E-state index contributed by atoms with van der Waals surface area (Å²) in [6.07, 6.45) is 1.78. The number of carbonyl (C=O) groups is 1. The van der Waals surface area contributed by atoms with E-state index in [1.165, 1.54) is 16.4 Å². The van der Waals surface area contributed by atoms with E-state index < -0.39 is 10.0 Å². The Bertz CT molecular complexity index is 895. The summed E-state index contributed by atoms with van der Waals surface area (Å²) in [6.45, 7) is 1.12. The van der Waals surface area contributed by atoms with Crippen molar-refractivity contribution >= 4 is 49.1 Å². The highest BCUT2D eigenvalue weighted by Crippen LogP contribution is 2.24. The Morgan fingerprint density at radius 2 is 1.72 bits per heavy atom. The van der Waals surface area contributed by atoms with Gasteiger partial charge in [0.1, 0.15) is 0 Å². The molecule has 0 bridgehead atoms. The highest BCUT2D eigenvalue weighted by Gasteiger charge is 2.26. The van der Waals surface area contributed by atoms with Crippen molar-refractivity contribution in [1.29, 1.82) is 0 Å². The molecule has 5 nitrogen and oxygen atoms in total. The van der Waals surface area contributed by atoms with Crippen LogP contribution in [-0.4, -0.2) is 31.7 Å². The Hall–Kier alpha value is -1.41. The summed E-state index contributed by atoms with van der Waals surface area (Å²) in [5.74, 6) is -0.360. The Labute approximate surface area is 160 Å². The second-order valence-corrected chi connectivity index (χ2v) is 8.97. The lowest BCUT2D eigenvalue weighted by molar-refractivity contribution is 0.102. The van der Waals surface area contributed by atoms with Crippen LogP contribution >= 0.6 is 27.5 Å². The topological polar surface area (TPSA) is 66.5 Å². The van der Waals surface area contributed by atoms with Crippen molar-refractivity contribution in [1.82, 2.24) is 4.31 Å². The van der Waals surface area contributed by atoms with Crippen LogP contribution in [0.1, 0.15) is 23.2 Å². The molecule has 2 aromatic carbocycles. The molecule has 1 fully saturated rings. The van der Waals surface area contributed by atoms with E-state index in [-0.39, 0.29) is 10.8 Å². The van der Waals surface area contributed by atoms with Gasteiger partial charge in [-0.25, -0.2) is 8.42 Å². The number of anilines is 1. The van der Waals surface area contributed by atoms with Gasteiger partial charge >= 0.3 is 0 Å². The number of hydrogen-bond donors (Lipinski definition) is 1. The Kier molecular flexibility index (Phi) is 5.48. The summed E-state index contributed by atoms with van der Waals surface area (Å²) in [7, 11) is -3.46. The van der Waals surface area contributed by atoms with E-state index in [9.17, 15) is 13.2 Å². The normalized spacial score (nSPS) is 15.3. The van der Waals surface area contributed by atoms with Crippen molar-refractivity contribution in [3.63, 3.8) is 0 Å². The van der Waals surface area contributed by atoms with Crippen molar-refractivity contribution in [2.75, 3.05) is 18.4 Å².